The highest BCUT2D eigenvalue weighted by Crippen LogP contribution is 2.38. The van der Waals surface area contributed by atoms with Crippen molar-refractivity contribution < 1.29 is 19.1 Å². The van der Waals surface area contributed by atoms with Gasteiger partial charge in [-0.15, -0.1) is 0 Å². The molecule has 1 unspecified atom stereocenters. The molecule has 1 aromatic heterocycles. The predicted molar refractivity (Wildman–Crippen MR) is 116 cm³/mol. The van der Waals surface area contributed by atoms with E-state index in [1.54, 1.807) is 4.90 Å². The second-order valence-electron chi connectivity index (χ2n) is 8.55. The van der Waals surface area contributed by atoms with Gasteiger partial charge in [-0.25, -0.2) is 4.39 Å². The third-order valence-corrected chi connectivity index (χ3v) is 6.90. The van der Waals surface area contributed by atoms with Gasteiger partial charge in [0.2, 0.25) is 5.43 Å². The zero-order chi connectivity index (χ0) is 23.2. The van der Waals surface area contributed by atoms with E-state index in [2.05, 4.69) is 17.1 Å². The summed E-state index contributed by atoms with van der Waals surface area (Å²) in [6.45, 7) is 5.06. The molecule has 0 radical (unpaired) electrons. The molecule has 2 amide bonds. The van der Waals surface area contributed by atoms with Crippen molar-refractivity contribution in [2.75, 3.05) is 13.6 Å². The molecule has 0 saturated carbocycles. The molecular formula is C23H27FN4O4. The van der Waals surface area contributed by atoms with E-state index in [-0.39, 0.29) is 29.7 Å². The van der Waals surface area contributed by atoms with Gasteiger partial charge in [-0.2, -0.15) is 0 Å². The van der Waals surface area contributed by atoms with Crippen molar-refractivity contribution in [3.8, 4) is 5.75 Å². The number of hydrogen-bond acceptors (Lipinski definition) is 5. The number of nitrogens with one attached hydrogen (secondary N) is 1. The van der Waals surface area contributed by atoms with Crippen molar-refractivity contribution in [2.45, 2.75) is 51.5 Å². The Morgan fingerprint density at radius 3 is 2.62 bits per heavy atom. The fraction of sp³-hybridized carbons (Fsp3) is 0.435. The van der Waals surface area contributed by atoms with E-state index in [9.17, 15) is 23.9 Å². The van der Waals surface area contributed by atoms with Crippen LogP contribution in [0.5, 0.6) is 5.75 Å². The zero-order valence-corrected chi connectivity index (χ0v) is 18.4. The molecule has 3 heterocycles. The van der Waals surface area contributed by atoms with Gasteiger partial charge >= 0.3 is 0 Å². The topological polar surface area (TPSA) is 94.9 Å². The van der Waals surface area contributed by atoms with Gasteiger partial charge in [-0.05, 0) is 44.5 Å². The molecule has 0 aliphatic carbocycles. The van der Waals surface area contributed by atoms with Gasteiger partial charge in [0.1, 0.15) is 17.0 Å². The first-order valence-corrected chi connectivity index (χ1v) is 10.7. The first-order valence-electron chi connectivity index (χ1n) is 10.7. The molecule has 2 aromatic rings. The van der Waals surface area contributed by atoms with Crippen molar-refractivity contribution in [3.63, 3.8) is 0 Å². The van der Waals surface area contributed by atoms with Gasteiger partial charge in [0.05, 0.1) is 6.54 Å². The first kappa shape index (κ1) is 22.0. The van der Waals surface area contributed by atoms with Crippen molar-refractivity contribution >= 4 is 11.8 Å². The Morgan fingerprint density at radius 2 is 1.97 bits per heavy atom. The maximum absolute atomic E-state index is 13.3. The number of aromatic hydroxyl groups is 1. The third-order valence-electron chi connectivity index (χ3n) is 6.90. The highest BCUT2D eigenvalue weighted by molar-refractivity contribution is 5.99. The van der Waals surface area contributed by atoms with Crippen LogP contribution in [0.15, 0.2) is 35.3 Å². The molecule has 8 nitrogen and oxygen atoms in total. The number of carbonyl (C=O) groups excluding carboxylic acids is 2. The van der Waals surface area contributed by atoms with E-state index in [0.29, 0.717) is 25.1 Å². The smallest absolute Gasteiger partial charge is 0.276 e. The SMILES string of the molecule is CCC12Cn3cc(C(=O)NCc4ccc(F)cc4)c(=O)c(O)c3C(=O)N1CC[C@H](C)N2C. The van der Waals surface area contributed by atoms with E-state index >= 15 is 0 Å². The summed E-state index contributed by atoms with van der Waals surface area (Å²) >= 11 is 0. The molecule has 2 N–H and O–H groups in total. The standard InChI is InChI=1S/C23H27FN4O4/c1-4-23-13-27-12-17(21(31)25-11-15-5-7-16(24)8-6-15)19(29)20(30)18(27)22(32)28(23)10-9-14(2)26(23)3/h5-8,12,14,30H,4,9-11,13H2,1-3H3,(H,25,31)/t14-,23?/m0/s1. The Kier molecular flexibility index (Phi) is 5.54. The summed E-state index contributed by atoms with van der Waals surface area (Å²) in [5.41, 5.74) is -1.16. The number of likely N-dealkylation sites (N-methyl/N-ethyl adjacent to an activating group) is 1. The summed E-state index contributed by atoms with van der Waals surface area (Å²) < 4.78 is 14.6. The van der Waals surface area contributed by atoms with Crippen LogP contribution in [0.1, 0.15) is 53.1 Å². The molecular weight excluding hydrogens is 415 g/mol. The van der Waals surface area contributed by atoms with Crippen molar-refractivity contribution in [3.05, 3.63) is 63.3 Å². The molecule has 1 saturated heterocycles. The number of nitrogens with zero attached hydrogens (tertiary/aromatic N) is 3. The second-order valence-corrected chi connectivity index (χ2v) is 8.55. The Balaban J connectivity index is 1.69. The maximum Gasteiger partial charge on any atom is 0.276 e. The second kappa shape index (κ2) is 8.05. The summed E-state index contributed by atoms with van der Waals surface area (Å²) in [5, 5.41) is 13.2. The van der Waals surface area contributed by atoms with Crippen molar-refractivity contribution in [1.82, 2.24) is 19.7 Å². The number of halogens is 1. The van der Waals surface area contributed by atoms with Gasteiger partial charge in [0.25, 0.3) is 11.8 Å². The molecule has 2 atom stereocenters. The van der Waals surface area contributed by atoms with Gasteiger partial charge in [-0.3, -0.25) is 19.3 Å². The molecule has 9 heteroatoms. The minimum atomic E-state index is -0.885. The minimum Gasteiger partial charge on any atom is -0.503 e. The van der Waals surface area contributed by atoms with E-state index in [1.165, 1.54) is 35.0 Å². The molecule has 1 fully saturated rings. The van der Waals surface area contributed by atoms with E-state index in [1.807, 2.05) is 14.0 Å². The van der Waals surface area contributed by atoms with Crippen LogP contribution in [0.3, 0.4) is 0 Å². The number of pyridine rings is 1. The summed E-state index contributed by atoms with van der Waals surface area (Å²) in [6, 6.07) is 5.89. The fourth-order valence-electron chi connectivity index (χ4n) is 4.80. The molecule has 2 aliphatic heterocycles. The maximum atomic E-state index is 13.3. The molecule has 0 spiro atoms. The van der Waals surface area contributed by atoms with Gasteiger partial charge in [0.15, 0.2) is 11.4 Å². The van der Waals surface area contributed by atoms with Gasteiger partial charge < -0.3 is 19.9 Å². The van der Waals surface area contributed by atoms with E-state index < -0.39 is 28.7 Å². The molecule has 2 aliphatic rings. The number of amides is 2. The Morgan fingerprint density at radius 1 is 1.28 bits per heavy atom. The van der Waals surface area contributed by atoms with Gasteiger partial charge in [0, 0.05) is 25.3 Å². The van der Waals surface area contributed by atoms with Crippen LogP contribution >= 0.6 is 0 Å². The van der Waals surface area contributed by atoms with Crippen LogP contribution in [0.4, 0.5) is 4.39 Å². The molecule has 1 aromatic carbocycles. The molecule has 170 valence electrons. The summed E-state index contributed by atoms with van der Waals surface area (Å²) in [6.07, 6.45) is 2.80. The van der Waals surface area contributed by atoms with Gasteiger partial charge in [-0.1, -0.05) is 19.1 Å². The lowest BCUT2D eigenvalue weighted by molar-refractivity contribution is -0.101. The van der Waals surface area contributed by atoms with E-state index in [4.69, 9.17) is 0 Å². The number of rotatable bonds is 4. The summed E-state index contributed by atoms with van der Waals surface area (Å²) in [7, 11) is 1.97. The van der Waals surface area contributed by atoms with Crippen molar-refractivity contribution in [1.29, 1.82) is 0 Å². The normalized spacial score (nSPS) is 22.9. The fourth-order valence-corrected chi connectivity index (χ4v) is 4.80. The largest absolute Gasteiger partial charge is 0.503 e. The van der Waals surface area contributed by atoms with Crippen LogP contribution in [-0.2, 0) is 13.1 Å². The van der Waals surface area contributed by atoms with Crippen LogP contribution in [-0.4, -0.2) is 56.6 Å². The number of hydrogen-bond donors (Lipinski definition) is 2. The lowest BCUT2D eigenvalue weighted by Gasteiger charge is -2.57. The van der Waals surface area contributed by atoms with Crippen LogP contribution in [0.25, 0.3) is 0 Å². The summed E-state index contributed by atoms with van der Waals surface area (Å²) in [5.74, 6) is -2.18. The quantitative estimate of drug-likeness (QED) is 0.754. The highest BCUT2D eigenvalue weighted by atomic mass is 19.1. The number of fused-ring (bicyclic) bond motifs is 2. The number of benzene rings is 1. The molecule has 32 heavy (non-hydrogen) atoms. The minimum absolute atomic E-state index is 0.0860. The van der Waals surface area contributed by atoms with Crippen LogP contribution < -0.4 is 10.7 Å². The number of carbonyl (C=O) groups is 2. The average molecular weight is 442 g/mol. The predicted octanol–water partition coefficient (Wildman–Crippen LogP) is 1.91. The highest BCUT2D eigenvalue weighted by Gasteiger charge is 2.51. The third kappa shape index (κ3) is 3.37. The Bertz CT molecular complexity index is 1130. The monoisotopic (exact) mass is 442 g/mol. The van der Waals surface area contributed by atoms with Crippen molar-refractivity contribution in [2.24, 2.45) is 0 Å². The zero-order valence-electron chi connectivity index (χ0n) is 18.4. The number of aromatic nitrogens is 1. The lowest BCUT2D eigenvalue weighted by Crippen LogP contribution is -2.71. The Labute approximate surface area is 185 Å². The summed E-state index contributed by atoms with van der Waals surface area (Å²) in [4.78, 5) is 42.7. The van der Waals surface area contributed by atoms with E-state index in [0.717, 1.165) is 6.42 Å². The molecule has 4 rings (SSSR count). The first-order chi connectivity index (χ1) is 15.2. The Hall–Kier alpha value is -3.20. The lowest BCUT2D eigenvalue weighted by atomic mass is 9.91. The average Bonchev–Trinajstić information content (AvgIpc) is 2.78. The molecule has 0 bridgehead atoms. The van der Waals surface area contributed by atoms with Crippen LogP contribution in [0.2, 0.25) is 0 Å². The van der Waals surface area contributed by atoms with Crippen LogP contribution in [0, 0.1) is 5.82 Å².